The Kier molecular flexibility index (Phi) is 1.57. The monoisotopic (exact) mass is 142 g/mol. The number of nitrogens with two attached hydrogens (primary N) is 1. The molecule has 0 saturated heterocycles. The highest BCUT2D eigenvalue weighted by Crippen LogP contribution is 2.08. The van der Waals surface area contributed by atoms with Crippen LogP contribution in [0.25, 0.3) is 0 Å². The first-order chi connectivity index (χ1) is 4.75. The van der Waals surface area contributed by atoms with Gasteiger partial charge < -0.3 is 14.9 Å². The van der Waals surface area contributed by atoms with Crippen LogP contribution in [0.15, 0.2) is 10.8 Å². The smallest absolute Gasteiger partial charge is 0.362 e. The van der Waals surface area contributed by atoms with E-state index in [1.807, 2.05) is 0 Å². The molecule has 10 heavy (non-hydrogen) atoms. The van der Waals surface area contributed by atoms with Gasteiger partial charge in [-0.1, -0.05) is 0 Å². The molecule has 0 bridgehead atoms. The maximum Gasteiger partial charge on any atom is 0.362 e. The Bertz CT molecular complexity index is 243. The third kappa shape index (κ3) is 0.928. The van der Waals surface area contributed by atoms with Crippen molar-refractivity contribution < 1.29 is 13.9 Å². The summed E-state index contributed by atoms with van der Waals surface area (Å²) in [7, 11) is 1.25. The van der Waals surface area contributed by atoms with Crippen molar-refractivity contribution in [2.75, 3.05) is 12.8 Å². The highest BCUT2D eigenvalue weighted by Gasteiger charge is 2.13. The summed E-state index contributed by atoms with van der Waals surface area (Å²) in [6.45, 7) is 0. The van der Waals surface area contributed by atoms with Crippen LogP contribution in [-0.2, 0) is 4.74 Å². The zero-order valence-corrected chi connectivity index (χ0v) is 5.33. The largest absolute Gasteiger partial charge is 0.464 e. The molecule has 0 amide bonds. The normalized spacial score (nSPS) is 9.30. The maximum atomic E-state index is 10.7. The van der Waals surface area contributed by atoms with Crippen molar-refractivity contribution in [1.82, 2.24) is 4.98 Å². The standard InChI is InChI=1S/C5H6N2O3/c1-9-5(8)3-4(6)10-2-7-3/h2H,6H2,1H3. The number of hydrogen-bond donors (Lipinski definition) is 1. The number of rotatable bonds is 1. The van der Waals surface area contributed by atoms with Crippen molar-refractivity contribution in [1.29, 1.82) is 0 Å². The van der Waals surface area contributed by atoms with Gasteiger partial charge in [-0.05, 0) is 0 Å². The van der Waals surface area contributed by atoms with Gasteiger partial charge in [0.15, 0.2) is 6.39 Å². The predicted molar refractivity (Wildman–Crippen MR) is 32.3 cm³/mol. The quantitative estimate of drug-likeness (QED) is 0.560. The van der Waals surface area contributed by atoms with E-state index in [0.29, 0.717) is 0 Å². The van der Waals surface area contributed by atoms with Crippen molar-refractivity contribution in [3.05, 3.63) is 12.1 Å². The van der Waals surface area contributed by atoms with Crippen LogP contribution in [0.3, 0.4) is 0 Å². The van der Waals surface area contributed by atoms with Gasteiger partial charge >= 0.3 is 5.97 Å². The molecule has 5 nitrogen and oxygen atoms in total. The van der Waals surface area contributed by atoms with Crippen molar-refractivity contribution in [2.45, 2.75) is 0 Å². The van der Waals surface area contributed by atoms with Gasteiger partial charge in [-0.15, -0.1) is 0 Å². The molecule has 0 saturated carbocycles. The van der Waals surface area contributed by atoms with Crippen LogP contribution in [0.1, 0.15) is 10.5 Å². The molecule has 0 unspecified atom stereocenters. The van der Waals surface area contributed by atoms with Crippen molar-refractivity contribution >= 4 is 11.9 Å². The van der Waals surface area contributed by atoms with Crippen LogP contribution in [0.4, 0.5) is 5.88 Å². The average molecular weight is 142 g/mol. The molecule has 0 aliphatic heterocycles. The van der Waals surface area contributed by atoms with E-state index >= 15 is 0 Å². The molecule has 54 valence electrons. The number of aromatic nitrogens is 1. The molecule has 1 rings (SSSR count). The van der Waals surface area contributed by atoms with Crippen LogP contribution in [0.2, 0.25) is 0 Å². The Balaban J connectivity index is 2.93. The van der Waals surface area contributed by atoms with E-state index in [2.05, 4.69) is 14.1 Å². The minimum absolute atomic E-state index is 0.0162. The topological polar surface area (TPSA) is 78.3 Å². The Morgan fingerprint density at radius 1 is 1.90 bits per heavy atom. The minimum atomic E-state index is -0.591. The second-order valence-electron chi connectivity index (χ2n) is 1.56. The number of anilines is 1. The maximum absolute atomic E-state index is 10.7. The first kappa shape index (κ1) is 6.60. The third-order valence-electron chi connectivity index (χ3n) is 0.974. The fourth-order valence-corrected chi connectivity index (χ4v) is 0.505. The Morgan fingerprint density at radius 3 is 3.00 bits per heavy atom. The van der Waals surface area contributed by atoms with Crippen molar-refractivity contribution in [3.63, 3.8) is 0 Å². The number of hydrogen-bond acceptors (Lipinski definition) is 5. The molecule has 1 aromatic heterocycles. The summed E-state index contributed by atoms with van der Waals surface area (Å²) < 4.78 is 8.89. The lowest BCUT2D eigenvalue weighted by Gasteiger charge is -1.91. The summed E-state index contributed by atoms with van der Waals surface area (Å²) in [6, 6.07) is 0. The Labute approximate surface area is 56.8 Å². The second-order valence-corrected chi connectivity index (χ2v) is 1.56. The molecule has 0 aromatic carbocycles. The van der Waals surface area contributed by atoms with Crippen LogP contribution in [-0.4, -0.2) is 18.1 Å². The number of ether oxygens (including phenoxy) is 1. The fraction of sp³-hybridized carbons (Fsp3) is 0.200. The Hall–Kier alpha value is -1.52. The molecule has 0 spiro atoms. The molecule has 0 radical (unpaired) electrons. The van der Waals surface area contributed by atoms with Crippen LogP contribution in [0.5, 0.6) is 0 Å². The van der Waals surface area contributed by atoms with Gasteiger partial charge in [-0.2, -0.15) is 0 Å². The lowest BCUT2D eigenvalue weighted by molar-refractivity contribution is 0.0595. The van der Waals surface area contributed by atoms with Gasteiger partial charge in [-0.3, -0.25) is 0 Å². The van der Waals surface area contributed by atoms with E-state index in [1.54, 1.807) is 0 Å². The number of oxazole rings is 1. The van der Waals surface area contributed by atoms with Gasteiger partial charge in [-0.25, -0.2) is 9.78 Å². The first-order valence-corrected chi connectivity index (χ1v) is 2.53. The molecule has 5 heteroatoms. The van der Waals surface area contributed by atoms with E-state index in [1.165, 1.54) is 7.11 Å². The number of esters is 1. The Morgan fingerprint density at radius 2 is 2.60 bits per heavy atom. The predicted octanol–water partition coefficient (Wildman–Crippen LogP) is 0.0434. The average Bonchev–Trinajstić information content (AvgIpc) is 2.34. The lowest BCUT2D eigenvalue weighted by atomic mass is 10.5. The summed E-state index contributed by atoms with van der Waals surface area (Å²) in [5, 5.41) is 0. The van der Waals surface area contributed by atoms with Crippen molar-refractivity contribution in [3.8, 4) is 0 Å². The molecule has 1 aromatic rings. The summed E-state index contributed by atoms with van der Waals surface area (Å²) in [4.78, 5) is 14.2. The van der Waals surface area contributed by atoms with Gasteiger partial charge in [0, 0.05) is 0 Å². The molecule has 0 fully saturated rings. The number of carbonyl (C=O) groups is 1. The number of nitrogen functional groups attached to an aromatic ring is 1. The van der Waals surface area contributed by atoms with Crippen LogP contribution in [0, 0.1) is 0 Å². The van der Waals surface area contributed by atoms with E-state index in [9.17, 15) is 4.79 Å². The van der Waals surface area contributed by atoms with Crippen molar-refractivity contribution in [2.24, 2.45) is 0 Å². The van der Waals surface area contributed by atoms with Gasteiger partial charge in [0.2, 0.25) is 11.6 Å². The van der Waals surface area contributed by atoms with Crippen LogP contribution < -0.4 is 5.73 Å². The zero-order chi connectivity index (χ0) is 7.56. The second kappa shape index (κ2) is 2.38. The highest BCUT2D eigenvalue weighted by atomic mass is 16.5. The van der Waals surface area contributed by atoms with E-state index in [0.717, 1.165) is 6.39 Å². The highest BCUT2D eigenvalue weighted by molar-refractivity contribution is 5.91. The SMILES string of the molecule is COC(=O)c1ncoc1N. The molecule has 0 atom stereocenters. The molecular weight excluding hydrogens is 136 g/mol. The van der Waals surface area contributed by atoms with E-state index in [-0.39, 0.29) is 11.6 Å². The van der Waals surface area contributed by atoms with Gasteiger partial charge in [0.05, 0.1) is 7.11 Å². The first-order valence-electron chi connectivity index (χ1n) is 2.53. The molecule has 0 aliphatic carbocycles. The zero-order valence-electron chi connectivity index (χ0n) is 5.33. The summed E-state index contributed by atoms with van der Waals surface area (Å²) in [5.74, 6) is -0.613. The van der Waals surface area contributed by atoms with Gasteiger partial charge in [0.1, 0.15) is 0 Å². The third-order valence-corrected chi connectivity index (χ3v) is 0.974. The minimum Gasteiger partial charge on any atom is -0.464 e. The molecule has 2 N–H and O–H groups in total. The number of carbonyl (C=O) groups excluding carboxylic acids is 1. The lowest BCUT2D eigenvalue weighted by Crippen LogP contribution is -2.04. The van der Waals surface area contributed by atoms with E-state index < -0.39 is 5.97 Å². The molecule has 0 aliphatic rings. The number of methoxy groups -OCH3 is 1. The summed E-state index contributed by atoms with van der Waals surface area (Å²) in [5.41, 5.74) is 5.20. The van der Waals surface area contributed by atoms with E-state index in [4.69, 9.17) is 5.73 Å². The molecular formula is C5H6N2O3. The molecule has 1 heterocycles. The fourth-order valence-electron chi connectivity index (χ4n) is 0.505. The summed E-state index contributed by atoms with van der Waals surface area (Å²) in [6.07, 6.45) is 1.08. The van der Waals surface area contributed by atoms with Gasteiger partial charge in [0.25, 0.3) is 0 Å². The van der Waals surface area contributed by atoms with Crippen LogP contribution >= 0.6 is 0 Å². The number of nitrogens with zero attached hydrogens (tertiary/aromatic N) is 1. The summed E-state index contributed by atoms with van der Waals surface area (Å²) >= 11 is 0.